The first kappa shape index (κ1) is 13.7. The smallest absolute Gasteiger partial charge is 0.265 e. The summed E-state index contributed by atoms with van der Waals surface area (Å²) in [6.07, 6.45) is 6.81. The molecule has 1 heterocycles. The first-order valence-corrected chi connectivity index (χ1v) is 8.87. The van der Waals surface area contributed by atoms with Gasteiger partial charge in [-0.3, -0.25) is 4.79 Å². The number of benzene rings is 1. The summed E-state index contributed by atoms with van der Waals surface area (Å²) in [4.78, 5) is 15.7. The largest absolute Gasteiger partial charge is 0.321 e. The molecular weight excluding hydrogens is 286 g/mol. The topological polar surface area (TPSA) is 29.1 Å². The third-order valence-corrected chi connectivity index (χ3v) is 5.55. The maximum Gasteiger partial charge on any atom is 0.265 e. The number of nitrogens with one attached hydrogen (secondary N) is 1. The molecule has 0 spiro atoms. The van der Waals surface area contributed by atoms with Gasteiger partial charge in [-0.15, -0.1) is 23.1 Å². The average Bonchev–Trinajstić information content (AvgIpc) is 2.92. The average molecular weight is 303 g/mol. The molecule has 1 aliphatic carbocycles. The molecular formula is C16H17NOS2. The van der Waals surface area contributed by atoms with Crippen molar-refractivity contribution in [3.8, 4) is 0 Å². The lowest BCUT2D eigenvalue weighted by Gasteiger charge is -2.08. The van der Waals surface area contributed by atoms with Crippen LogP contribution in [-0.4, -0.2) is 12.2 Å². The zero-order valence-corrected chi connectivity index (χ0v) is 13.1. The highest BCUT2D eigenvalue weighted by Crippen LogP contribution is 2.30. The molecule has 0 saturated heterocycles. The molecule has 0 fully saturated rings. The van der Waals surface area contributed by atoms with Crippen LogP contribution >= 0.6 is 23.1 Å². The molecule has 0 unspecified atom stereocenters. The molecule has 2 nitrogen and oxygen atoms in total. The summed E-state index contributed by atoms with van der Waals surface area (Å²) in [5.41, 5.74) is 2.24. The number of thioether (sulfide) groups is 1. The van der Waals surface area contributed by atoms with E-state index in [9.17, 15) is 4.79 Å². The first-order valence-electron chi connectivity index (χ1n) is 6.83. The molecule has 0 aliphatic heterocycles. The van der Waals surface area contributed by atoms with Crippen molar-refractivity contribution < 1.29 is 4.79 Å². The monoisotopic (exact) mass is 303 g/mol. The number of rotatable bonds is 3. The maximum absolute atomic E-state index is 12.3. The Morgan fingerprint density at radius 1 is 1.20 bits per heavy atom. The molecule has 0 atom stereocenters. The van der Waals surface area contributed by atoms with E-state index in [4.69, 9.17) is 0 Å². The fourth-order valence-electron chi connectivity index (χ4n) is 2.47. The van der Waals surface area contributed by atoms with Crippen LogP contribution in [0.4, 0.5) is 5.69 Å². The number of thiophene rings is 1. The Morgan fingerprint density at radius 2 is 1.95 bits per heavy atom. The van der Waals surface area contributed by atoms with E-state index in [0.717, 1.165) is 23.4 Å². The molecule has 0 saturated carbocycles. The van der Waals surface area contributed by atoms with E-state index in [2.05, 4.69) is 11.4 Å². The van der Waals surface area contributed by atoms with Crippen molar-refractivity contribution in [2.24, 2.45) is 0 Å². The molecule has 20 heavy (non-hydrogen) atoms. The fraction of sp³-hybridized carbons (Fsp3) is 0.312. The van der Waals surface area contributed by atoms with Gasteiger partial charge in [0.15, 0.2) is 0 Å². The summed E-state index contributed by atoms with van der Waals surface area (Å²) < 4.78 is 0. The van der Waals surface area contributed by atoms with Crippen LogP contribution in [0.3, 0.4) is 0 Å². The molecule has 1 aromatic heterocycles. The summed E-state index contributed by atoms with van der Waals surface area (Å²) in [7, 11) is 0. The Balaban J connectivity index is 1.73. The van der Waals surface area contributed by atoms with Gasteiger partial charge in [-0.25, -0.2) is 0 Å². The highest BCUT2D eigenvalue weighted by molar-refractivity contribution is 7.98. The molecule has 4 heteroatoms. The zero-order chi connectivity index (χ0) is 13.9. The van der Waals surface area contributed by atoms with Gasteiger partial charge in [0.05, 0.1) is 4.88 Å². The van der Waals surface area contributed by atoms with E-state index in [0.29, 0.717) is 0 Å². The van der Waals surface area contributed by atoms with Crippen molar-refractivity contribution in [2.45, 2.75) is 30.6 Å². The highest BCUT2D eigenvalue weighted by Gasteiger charge is 2.17. The summed E-state index contributed by atoms with van der Waals surface area (Å²) >= 11 is 3.35. The predicted molar refractivity (Wildman–Crippen MR) is 87.1 cm³/mol. The molecule has 2 aromatic rings. The van der Waals surface area contributed by atoms with Crippen LogP contribution in [0.2, 0.25) is 0 Å². The lowest BCUT2D eigenvalue weighted by atomic mass is 9.99. The zero-order valence-electron chi connectivity index (χ0n) is 11.4. The van der Waals surface area contributed by atoms with E-state index >= 15 is 0 Å². The number of carbonyl (C=O) groups is 1. The molecule has 0 radical (unpaired) electrons. The number of fused-ring (bicyclic) bond motifs is 1. The van der Waals surface area contributed by atoms with Gasteiger partial charge in [-0.2, -0.15) is 0 Å². The number of aryl methyl sites for hydroxylation is 2. The Kier molecular flexibility index (Phi) is 4.13. The van der Waals surface area contributed by atoms with Crippen molar-refractivity contribution in [3.63, 3.8) is 0 Å². The van der Waals surface area contributed by atoms with Gasteiger partial charge >= 0.3 is 0 Å². The third kappa shape index (κ3) is 2.91. The second kappa shape index (κ2) is 6.02. The first-order chi connectivity index (χ1) is 9.76. The number of anilines is 1. The van der Waals surface area contributed by atoms with E-state index in [1.165, 1.54) is 28.2 Å². The number of hydrogen-bond donors (Lipinski definition) is 1. The minimum absolute atomic E-state index is 0.0151. The Bertz CT molecular complexity index is 592. The van der Waals surface area contributed by atoms with Crippen LogP contribution in [0, 0.1) is 0 Å². The van der Waals surface area contributed by atoms with E-state index in [-0.39, 0.29) is 5.91 Å². The quantitative estimate of drug-likeness (QED) is 0.840. The number of amides is 1. The van der Waals surface area contributed by atoms with Gasteiger partial charge in [-0.05, 0) is 67.8 Å². The highest BCUT2D eigenvalue weighted by atomic mass is 32.2. The standard InChI is InChI=1S/C16H17NOS2/c1-19-13-8-6-12(7-9-13)17-16(18)15-10-11-4-2-3-5-14(11)20-15/h6-10H,2-5H2,1H3,(H,17,18). The van der Waals surface area contributed by atoms with Gasteiger partial charge in [0, 0.05) is 15.5 Å². The van der Waals surface area contributed by atoms with E-state index in [1.807, 2.05) is 30.5 Å². The van der Waals surface area contributed by atoms with Crippen molar-refractivity contribution in [1.29, 1.82) is 0 Å². The molecule has 1 amide bonds. The van der Waals surface area contributed by atoms with Crippen LogP contribution in [0.15, 0.2) is 35.2 Å². The van der Waals surface area contributed by atoms with Crippen LogP contribution in [0.1, 0.15) is 33.0 Å². The summed E-state index contributed by atoms with van der Waals surface area (Å²) in [5, 5.41) is 2.98. The van der Waals surface area contributed by atoms with Gasteiger partial charge in [0.25, 0.3) is 5.91 Å². The van der Waals surface area contributed by atoms with Gasteiger partial charge in [0.2, 0.25) is 0 Å². The lowest BCUT2D eigenvalue weighted by molar-refractivity contribution is 0.103. The second-order valence-electron chi connectivity index (χ2n) is 4.95. The van der Waals surface area contributed by atoms with Gasteiger partial charge < -0.3 is 5.32 Å². The van der Waals surface area contributed by atoms with Crippen LogP contribution < -0.4 is 5.32 Å². The number of carbonyl (C=O) groups excluding carboxylic acids is 1. The fourth-order valence-corrected chi connectivity index (χ4v) is 4.03. The Hall–Kier alpha value is -1.26. The molecule has 104 valence electrons. The lowest BCUT2D eigenvalue weighted by Crippen LogP contribution is -2.09. The summed E-state index contributed by atoms with van der Waals surface area (Å²) in [6, 6.07) is 10.0. The van der Waals surface area contributed by atoms with Crippen LogP contribution in [-0.2, 0) is 12.8 Å². The summed E-state index contributed by atoms with van der Waals surface area (Å²) in [5.74, 6) is 0.0151. The van der Waals surface area contributed by atoms with Crippen molar-refractivity contribution in [1.82, 2.24) is 0 Å². The molecule has 1 aliphatic rings. The molecule has 3 rings (SSSR count). The van der Waals surface area contributed by atoms with Crippen LogP contribution in [0.5, 0.6) is 0 Å². The minimum atomic E-state index is 0.0151. The molecule has 0 bridgehead atoms. The number of hydrogen-bond acceptors (Lipinski definition) is 3. The third-order valence-electron chi connectivity index (χ3n) is 3.57. The van der Waals surface area contributed by atoms with E-state index in [1.54, 1.807) is 23.1 Å². The van der Waals surface area contributed by atoms with Crippen molar-refractivity contribution in [3.05, 3.63) is 45.6 Å². The van der Waals surface area contributed by atoms with Crippen molar-refractivity contribution in [2.75, 3.05) is 11.6 Å². The molecule has 1 aromatic carbocycles. The molecule has 1 N–H and O–H groups in total. The predicted octanol–water partition coefficient (Wildman–Crippen LogP) is 4.60. The Labute approximate surface area is 127 Å². The van der Waals surface area contributed by atoms with Gasteiger partial charge in [-0.1, -0.05) is 0 Å². The SMILES string of the molecule is CSc1ccc(NC(=O)c2cc3c(s2)CCCC3)cc1. The van der Waals surface area contributed by atoms with Crippen molar-refractivity contribution >= 4 is 34.7 Å². The normalized spacial score (nSPS) is 13.8. The van der Waals surface area contributed by atoms with Crippen LogP contribution in [0.25, 0.3) is 0 Å². The second-order valence-corrected chi connectivity index (χ2v) is 6.97. The summed E-state index contributed by atoms with van der Waals surface area (Å²) in [6.45, 7) is 0. The van der Waals surface area contributed by atoms with E-state index < -0.39 is 0 Å². The maximum atomic E-state index is 12.3. The Morgan fingerprint density at radius 3 is 2.65 bits per heavy atom. The minimum Gasteiger partial charge on any atom is -0.321 e. The van der Waals surface area contributed by atoms with Gasteiger partial charge in [0.1, 0.15) is 0 Å².